The topological polar surface area (TPSA) is 64.2 Å². The first-order chi connectivity index (χ1) is 8.33. The van der Waals surface area contributed by atoms with Crippen LogP contribution in [0.15, 0.2) is 41.8 Å². The van der Waals surface area contributed by atoms with Crippen LogP contribution in [0.2, 0.25) is 0 Å². The van der Waals surface area contributed by atoms with Gasteiger partial charge in [0.25, 0.3) is 0 Å². The molecule has 0 aliphatic carbocycles. The number of hydrogen-bond donors (Lipinski definition) is 1. The van der Waals surface area contributed by atoms with E-state index in [-0.39, 0.29) is 0 Å². The largest absolute Gasteiger partial charge is 0.323 e. The predicted octanol–water partition coefficient (Wildman–Crippen LogP) is 1.29. The van der Waals surface area contributed by atoms with E-state index in [1.807, 2.05) is 24.3 Å². The van der Waals surface area contributed by atoms with Crippen LogP contribution in [0.25, 0.3) is 11.4 Å². The Labute approximate surface area is 99.2 Å². The third-order valence-electron chi connectivity index (χ3n) is 2.16. The fraction of sp³-hybridized carbons (Fsp3) is 0. The van der Waals surface area contributed by atoms with Gasteiger partial charge >= 0.3 is 0 Å². The molecular weight excluding hydrogens is 212 g/mol. The lowest BCUT2D eigenvalue weighted by molar-refractivity contribution is 1.16. The summed E-state index contributed by atoms with van der Waals surface area (Å²) in [4.78, 5) is 8.35. The van der Waals surface area contributed by atoms with E-state index < -0.39 is 0 Å². The van der Waals surface area contributed by atoms with Gasteiger partial charge in [0.1, 0.15) is 6.21 Å². The number of nitrogens with zero attached hydrogens (tertiary/aromatic N) is 3. The second-order valence-electron chi connectivity index (χ2n) is 3.26. The molecule has 4 heteroatoms. The molecule has 0 amide bonds. The van der Waals surface area contributed by atoms with Crippen molar-refractivity contribution >= 4 is 6.21 Å². The van der Waals surface area contributed by atoms with E-state index in [1.165, 1.54) is 0 Å². The molecule has 0 bridgehead atoms. The van der Waals surface area contributed by atoms with Crippen molar-refractivity contribution in [3.8, 4) is 23.7 Å². The molecule has 0 saturated heterocycles. The molecule has 0 saturated carbocycles. The van der Waals surface area contributed by atoms with Gasteiger partial charge in [-0.1, -0.05) is 30.2 Å². The summed E-state index contributed by atoms with van der Waals surface area (Å²) in [6.45, 7) is 0. The number of hydrazone groups is 1. The summed E-state index contributed by atoms with van der Waals surface area (Å²) in [7, 11) is 0. The summed E-state index contributed by atoms with van der Waals surface area (Å²) >= 11 is 0. The Kier molecular flexibility index (Phi) is 3.13. The number of hydrogen-bond acceptors (Lipinski definition) is 4. The van der Waals surface area contributed by atoms with Crippen LogP contribution in [0.1, 0.15) is 11.1 Å². The molecule has 2 aromatic rings. The van der Waals surface area contributed by atoms with E-state index in [2.05, 4.69) is 27.2 Å². The van der Waals surface area contributed by atoms with Crippen molar-refractivity contribution in [3.05, 3.63) is 47.8 Å². The van der Waals surface area contributed by atoms with Gasteiger partial charge in [0.15, 0.2) is 5.82 Å². The Morgan fingerprint density at radius 2 is 1.71 bits per heavy atom. The zero-order valence-electron chi connectivity index (χ0n) is 8.96. The van der Waals surface area contributed by atoms with Crippen LogP contribution >= 0.6 is 0 Å². The van der Waals surface area contributed by atoms with Crippen LogP contribution in [-0.2, 0) is 0 Å². The van der Waals surface area contributed by atoms with E-state index in [0.29, 0.717) is 11.4 Å². The zero-order valence-corrected chi connectivity index (χ0v) is 8.96. The molecule has 1 radical (unpaired) electrons. The molecule has 1 aromatic carbocycles. The quantitative estimate of drug-likeness (QED) is 0.360. The minimum atomic E-state index is 0.625. The number of rotatable bonds is 2. The number of nitrogens with two attached hydrogens (primary N) is 1. The van der Waals surface area contributed by atoms with Gasteiger partial charge in [0, 0.05) is 23.5 Å². The highest BCUT2D eigenvalue weighted by molar-refractivity contribution is 5.80. The van der Waals surface area contributed by atoms with Crippen LogP contribution in [0.3, 0.4) is 0 Å². The standard InChI is InChI=1S/C13H9N4/c1-2-10-7-15-13(16-8-10)12-5-3-11(4-6-12)9-17-14/h1,3-8H,14H2. The average Bonchev–Trinajstić information content (AvgIpc) is 2.40. The summed E-state index contributed by atoms with van der Waals surface area (Å²) in [6, 6.07) is 7.42. The average molecular weight is 221 g/mol. The lowest BCUT2D eigenvalue weighted by Gasteiger charge is -2.00. The number of benzene rings is 1. The number of terminal acetylenes is 1. The Hall–Kier alpha value is -2.67. The second kappa shape index (κ2) is 4.90. The van der Waals surface area contributed by atoms with Crippen molar-refractivity contribution < 1.29 is 0 Å². The zero-order chi connectivity index (χ0) is 12.1. The maximum absolute atomic E-state index is 5.23. The molecule has 0 aliphatic rings. The van der Waals surface area contributed by atoms with Crippen molar-refractivity contribution in [1.29, 1.82) is 0 Å². The number of aromatic nitrogens is 2. The molecule has 17 heavy (non-hydrogen) atoms. The Bertz CT molecular complexity index is 562. The summed E-state index contributed by atoms with van der Waals surface area (Å²) in [5.74, 6) is 8.11. The van der Waals surface area contributed by atoms with Gasteiger partial charge in [-0.15, -0.1) is 6.42 Å². The van der Waals surface area contributed by atoms with Crippen LogP contribution < -0.4 is 5.84 Å². The highest BCUT2D eigenvalue weighted by atomic mass is 15.1. The van der Waals surface area contributed by atoms with E-state index >= 15 is 0 Å². The van der Waals surface area contributed by atoms with Gasteiger partial charge in [-0.2, -0.15) is 5.10 Å². The third-order valence-corrected chi connectivity index (χ3v) is 2.16. The van der Waals surface area contributed by atoms with Crippen molar-refractivity contribution in [2.24, 2.45) is 10.9 Å². The van der Waals surface area contributed by atoms with E-state index in [0.717, 1.165) is 11.1 Å². The van der Waals surface area contributed by atoms with Gasteiger partial charge in [0.2, 0.25) is 0 Å². The van der Waals surface area contributed by atoms with E-state index in [4.69, 9.17) is 12.3 Å². The van der Waals surface area contributed by atoms with E-state index in [9.17, 15) is 0 Å². The van der Waals surface area contributed by atoms with Crippen molar-refractivity contribution in [2.45, 2.75) is 0 Å². The second-order valence-corrected chi connectivity index (χ2v) is 3.26. The van der Waals surface area contributed by atoms with Crippen molar-refractivity contribution in [3.63, 3.8) is 0 Å². The minimum absolute atomic E-state index is 0.625. The SMILES string of the molecule is C#Cc1cnc(-c2ccc(/[C]=N/N)cc2)nc1. The molecule has 1 heterocycles. The van der Waals surface area contributed by atoms with Crippen molar-refractivity contribution in [2.75, 3.05) is 0 Å². The van der Waals surface area contributed by atoms with Crippen LogP contribution in [0, 0.1) is 12.3 Å². The Balaban J connectivity index is 2.30. The fourth-order valence-corrected chi connectivity index (χ4v) is 1.32. The molecule has 1 aromatic heterocycles. The minimum Gasteiger partial charge on any atom is -0.323 e. The first-order valence-electron chi connectivity index (χ1n) is 4.88. The lowest BCUT2D eigenvalue weighted by Crippen LogP contribution is -1.91. The van der Waals surface area contributed by atoms with Crippen LogP contribution in [0.5, 0.6) is 0 Å². The molecular formula is C13H9N4. The molecule has 81 valence electrons. The molecule has 0 atom stereocenters. The molecule has 0 spiro atoms. The normalized spacial score (nSPS) is 10.3. The highest BCUT2D eigenvalue weighted by Crippen LogP contribution is 2.14. The summed E-state index contributed by atoms with van der Waals surface area (Å²) in [5.41, 5.74) is 2.36. The van der Waals surface area contributed by atoms with Crippen LogP contribution in [0.4, 0.5) is 0 Å². The molecule has 4 nitrogen and oxygen atoms in total. The first-order valence-corrected chi connectivity index (χ1v) is 4.88. The molecule has 2 rings (SSSR count). The molecule has 2 N–H and O–H groups in total. The lowest BCUT2D eigenvalue weighted by atomic mass is 10.1. The van der Waals surface area contributed by atoms with Crippen molar-refractivity contribution in [1.82, 2.24) is 9.97 Å². The smallest absolute Gasteiger partial charge is 0.159 e. The maximum atomic E-state index is 5.23. The summed E-state index contributed by atoms with van der Waals surface area (Å²) < 4.78 is 0. The van der Waals surface area contributed by atoms with Gasteiger partial charge in [-0.25, -0.2) is 9.97 Å². The predicted molar refractivity (Wildman–Crippen MR) is 66.1 cm³/mol. The fourth-order valence-electron chi connectivity index (χ4n) is 1.32. The first kappa shape index (κ1) is 10.8. The Morgan fingerprint density at radius 1 is 1.06 bits per heavy atom. The molecule has 0 fully saturated rings. The van der Waals surface area contributed by atoms with Gasteiger partial charge in [-0.05, 0) is 0 Å². The summed E-state index contributed by atoms with van der Waals surface area (Å²) in [5, 5.41) is 3.33. The summed E-state index contributed by atoms with van der Waals surface area (Å²) in [6.07, 6.45) is 11.1. The highest BCUT2D eigenvalue weighted by Gasteiger charge is 2.00. The molecule has 0 aliphatic heterocycles. The Morgan fingerprint density at radius 3 is 2.24 bits per heavy atom. The monoisotopic (exact) mass is 221 g/mol. The molecule has 0 unspecified atom stereocenters. The maximum Gasteiger partial charge on any atom is 0.159 e. The van der Waals surface area contributed by atoms with Gasteiger partial charge < -0.3 is 5.84 Å². The van der Waals surface area contributed by atoms with Gasteiger partial charge in [-0.3, -0.25) is 0 Å². The van der Waals surface area contributed by atoms with Gasteiger partial charge in [0.05, 0.1) is 5.56 Å². The van der Waals surface area contributed by atoms with Crippen LogP contribution in [-0.4, -0.2) is 16.2 Å². The van der Waals surface area contributed by atoms with E-state index in [1.54, 1.807) is 12.4 Å². The third kappa shape index (κ3) is 2.47.